The number of carbonyl (C=O) groups is 1. The molecule has 0 atom stereocenters. The van der Waals surface area contributed by atoms with Crippen LogP contribution in [0.3, 0.4) is 0 Å². The third-order valence-electron chi connectivity index (χ3n) is 3.64. The number of aryl methyl sites for hydroxylation is 3. The molecule has 5 heteroatoms. The van der Waals surface area contributed by atoms with E-state index in [9.17, 15) is 4.79 Å². The SMILES string of the molecule is Cc1cccc(NC(=O)c2csc(Nc3ccc(C)cc3C)n2)c1. The van der Waals surface area contributed by atoms with E-state index in [1.165, 1.54) is 16.9 Å². The molecule has 0 fully saturated rings. The maximum atomic E-state index is 12.3. The highest BCUT2D eigenvalue weighted by Gasteiger charge is 2.12. The summed E-state index contributed by atoms with van der Waals surface area (Å²) in [5.74, 6) is -0.203. The van der Waals surface area contributed by atoms with Crippen molar-refractivity contribution < 1.29 is 4.79 Å². The van der Waals surface area contributed by atoms with Crippen molar-refractivity contribution in [2.24, 2.45) is 0 Å². The lowest BCUT2D eigenvalue weighted by molar-refractivity contribution is 0.102. The summed E-state index contributed by atoms with van der Waals surface area (Å²) in [4.78, 5) is 16.7. The zero-order valence-corrected chi connectivity index (χ0v) is 14.7. The number of nitrogens with zero attached hydrogens (tertiary/aromatic N) is 1. The molecule has 1 aromatic heterocycles. The number of nitrogens with one attached hydrogen (secondary N) is 2. The molecule has 0 aliphatic carbocycles. The van der Waals surface area contributed by atoms with E-state index in [0.717, 1.165) is 22.5 Å². The van der Waals surface area contributed by atoms with E-state index < -0.39 is 0 Å². The molecule has 0 aliphatic rings. The Morgan fingerprint density at radius 2 is 1.83 bits per heavy atom. The summed E-state index contributed by atoms with van der Waals surface area (Å²) in [7, 11) is 0. The smallest absolute Gasteiger partial charge is 0.275 e. The molecule has 0 spiro atoms. The molecular weight excluding hydrogens is 318 g/mol. The third-order valence-corrected chi connectivity index (χ3v) is 4.39. The van der Waals surface area contributed by atoms with Crippen LogP contribution in [0.5, 0.6) is 0 Å². The van der Waals surface area contributed by atoms with E-state index in [1.807, 2.05) is 50.2 Å². The van der Waals surface area contributed by atoms with Crippen LogP contribution < -0.4 is 10.6 Å². The highest BCUT2D eigenvalue weighted by atomic mass is 32.1. The Labute approximate surface area is 145 Å². The molecule has 3 aromatic rings. The van der Waals surface area contributed by atoms with Crippen LogP contribution in [0, 0.1) is 20.8 Å². The predicted molar refractivity (Wildman–Crippen MR) is 100 cm³/mol. The van der Waals surface area contributed by atoms with E-state index in [0.29, 0.717) is 10.8 Å². The number of thiazole rings is 1. The molecule has 0 radical (unpaired) electrons. The van der Waals surface area contributed by atoms with E-state index >= 15 is 0 Å². The minimum absolute atomic E-state index is 0.203. The maximum Gasteiger partial charge on any atom is 0.275 e. The van der Waals surface area contributed by atoms with E-state index in [1.54, 1.807) is 5.38 Å². The van der Waals surface area contributed by atoms with Crippen molar-refractivity contribution in [1.29, 1.82) is 0 Å². The molecule has 0 saturated carbocycles. The van der Waals surface area contributed by atoms with Crippen LogP contribution in [0.25, 0.3) is 0 Å². The van der Waals surface area contributed by atoms with Crippen LogP contribution in [0.2, 0.25) is 0 Å². The summed E-state index contributed by atoms with van der Waals surface area (Å²) in [5, 5.41) is 8.61. The second kappa shape index (κ2) is 6.84. The molecular formula is C19H19N3OS. The van der Waals surface area contributed by atoms with Crippen LogP contribution in [0.1, 0.15) is 27.2 Å². The third kappa shape index (κ3) is 3.81. The summed E-state index contributed by atoms with van der Waals surface area (Å²) >= 11 is 1.42. The first kappa shape index (κ1) is 16.2. The van der Waals surface area contributed by atoms with Crippen LogP contribution in [-0.2, 0) is 0 Å². The first-order chi connectivity index (χ1) is 11.5. The number of hydrogen-bond donors (Lipinski definition) is 2. The molecule has 3 rings (SSSR count). The highest BCUT2D eigenvalue weighted by molar-refractivity contribution is 7.14. The lowest BCUT2D eigenvalue weighted by Crippen LogP contribution is -2.12. The van der Waals surface area contributed by atoms with Gasteiger partial charge in [0.1, 0.15) is 5.69 Å². The van der Waals surface area contributed by atoms with Crippen molar-refractivity contribution >= 4 is 33.8 Å². The molecule has 24 heavy (non-hydrogen) atoms. The van der Waals surface area contributed by atoms with Gasteiger partial charge >= 0.3 is 0 Å². The van der Waals surface area contributed by atoms with Gasteiger partial charge in [0.25, 0.3) is 5.91 Å². The molecule has 1 amide bonds. The van der Waals surface area contributed by atoms with Crippen LogP contribution in [0.15, 0.2) is 47.8 Å². The van der Waals surface area contributed by atoms with Crippen molar-refractivity contribution in [2.45, 2.75) is 20.8 Å². The first-order valence-electron chi connectivity index (χ1n) is 7.69. The summed E-state index contributed by atoms with van der Waals surface area (Å²) in [6.45, 7) is 6.10. The fourth-order valence-corrected chi connectivity index (χ4v) is 3.13. The van der Waals surface area contributed by atoms with Gasteiger partial charge in [-0.1, -0.05) is 29.8 Å². The average Bonchev–Trinajstić information content (AvgIpc) is 2.99. The van der Waals surface area contributed by atoms with Gasteiger partial charge in [-0.25, -0.2) is 4.98 Å². The molecule has 1 heterocycles. The Bertz CT molecular complexity index is 886. The van der Waals surface area contributed by atoms with E-state index in [-0.39, 0.29) is 5.91 Å². The largest absolute Gasteiger partial charge is 0.331 e. The maximum absolute atomic E-state index is 12.3. The topological polar surface area (TPSA) is 54.0 Å². The zero-order valence-electron chi connectivity index (χ0n) is 13.9. The zero-order chi connectivity index (χ0) is 17.1. The normalized spacial score (nSPS) is 10.5. The molecule has 4 nitrogen and oxygen atoms in total. The number of aromatic nitrogens is 1. The Balaban J connectivity index is 1.71. The number of hydrogen-bond acceptors (Lipinski definition) is 4. The Kier molecular flexibility index (Phi) is 4.62. The second-order valence-corrected chi connectivity index (χ2v) is 6.66. The van der Waals surface area contributed by atoms with Gasteiger partial charge in [-0.3, -0.25) is 4.79 Å². The fourth-order valence-electron chi connectivity index (χ4n) is 2.42. The summed E-state index contributed by atoms with van der Waals surface area (Å²) in [6, 6.07) is 13.9. The van der Waals surface area contributed by atoms with E-state index in [4.69, 9.17) is 0 Å². The lowest BCUT2D eigenvalue weighted by Gasteiger charge is -2.07. The van der Waals surface area contributed by atoms with Crippen molar-refractivity contribution in [3.63, 3.8) is 0 Å². The Morgan fingerprint density at radius 1 is 1.04 bits per heavy atom. The van der Waals surface area contributed by atoms with Crippen LogP contribution in [-0.4, -0.2) is 10.9 Å². The monoisotopic (exact) mass is 337 g/mol. The van der Waals surface area contributed by atoms with Gasteiger partial charge in [0.2, 0.25) is 0 Å². The van der Waals surface area contributed by atoms with Gasteiger partial charge < -0.3 is 10.6 Å². The van der Waals surface area contributed by atoms with Gasteiger partial charge in [0.15, 0.2) is 5.13 Å². The van der Waals surface area contributed by atoms with Gasteiger partial charge in [-0.05, 0) is 50.1 Å². The lowest BCUT2D eigenvalue weighted by atomic mass is 10.1. The standard InChI is InChI=1S/C19H19N3OS/c1-12-5-4-6-15(10-12)20-18(23)17-11-24-19(22-17)21-16-8-7-13(2)9-14(16)3/h4-11H,1-3H3,(H,20,23)(H,21,22). The molecule has 0 unspecified atom stereocenters. The van der Waals surface area contributed by atoms with Crippen molar-refractivity contribution in [3.8, 4) is 0 Å². The van der Waals surface area contributed by atoms with Gasteiger partial charge in [-0.2, -0.15) is 0 Å². The second-order valence-electron chi connectivity index (χ2n) is 5.80. The van der Waals surface area contributed by atoms with Crippen molar-refractivity contribution in [3.05, 3.63) is 70.2 Å². The highest BCUT2D eigenvalue weighted by Crippen LogP contribution is 2.24. The number of anilines is 3. The molecule has 122 valence electrons. The van der Waals surface area contributed by atoms with Gasteiger partial charge in [0.05, 0.1) is 0 Å². The minimum atomic E-state index is -0.203. The van der Waals surface area contributed by atoms with Gasteiger partial charge in [0, 0.05) is 16.8 Å². The van der Waals surface area contributed by atoms with Crippen molar-refractivity contribution in [2.75, 3.05) is 10.6 Å². The van der Waals surface area contributed by atoms with Crippen LogP contribution >= 0.6 is 11.3 Å². The van der Waals surface area contributed by atoms with Gasteiger partial charge in [-0.15, -0.1) is 11.3 Å². The molecule has 0 saturated heterocycles. The number of amides is 1. The Morgan fingerprint density at radius 3 is 2.58 bits per heavy atom. The van der Waals surface area contributed by atoms with E-state index in [2.05, 4.69) is 28.6 Å². The summed E-state index contributed by atoms with van der Waals surface area (Å²) in [6.07, 6.45) is 0. The quantitative estimate of drug-likeness (QED) is 0.699. The summed E-state index contributed by atoms with van der Waals surface area (Å²) in [5.41, 5.74) is 5.65. The first-order valence-corrected chi connectivity index (χ1v) is 8.57. The molecule has 0 aliphatic heterocycles. The molecule has 2 N–H and O–H groups in total. The molecule has 2 aromatic carbocycles. The average molecular weight is 337 g/mol. The molecule has 0 bridgehead atoms. The van der Waals surface area contributed by atoms with Crippen LogP contribution in [0.4, 0.5) is 16.5 Å². The number of benzene rings is 2. The fraction of sp³-hybridized carbons (Fsp3) is 0.158. The minimum Gasteiger partial charge on any atom is -0.331 e. The predicted octanol–water partition coefficient (Wildman–Crippen LogP) is 5.06. The van der Waals surface area contributed by atoms with Crippen molar-refractivity contribution in [1.82, 2.24) is 4.98 Å². The number of carbonyl (C=O) groups excluding carboxylic acids is 1. The number of rotatable bonds is 4. The summed E-state index contributed by atoms with van der Waals surface area (Å²) < 4.78 is 0. The Hall–Kier alpha value is -2.66.